The maximum absolute atomic E-state index is 12.9. The Bertz CT molecular complexity index is 868. The minimum atomic E-state index is -0.257. The summed E-state index contributed by atoms with van der Waals surface area (Å²) in [6.45, 7) is 6.54. The van der Waals surface area contributed by atoms with E-state index in [1.54, 1.807) is 0 Å². The molecular weight excluding hydrogens is 316 g/mol. The number of aromatic nitrogens is 3. The summed E-state index contributed by atoms with van der Waals surface area (Å²) in [5, 5.41) is 7.88. The number of rotatable bonds is 3. The molecule has 25 heavy (non-hydrogen) atoms. The van der Waals surface area contributed by atoms with E-state index in [-0.39, 0.29) is 11.8 Å². The molecule has 6 heteroatoms. The lowest BCUT2D eigenvalue weighted by atomic mass is 9.81. The second kappa shape index (κ2) is 6.02. The Balaban J connectivity index is 1.87. The van der Waals surface area contributed by atoms with E-state index in [1.165, 1.54) is 0 Å². The van der Waals surface area contributed by atoms with Crippen molar-refractivity contribution in [3.05, 3.63) is 46.9 Å². The van der Waals surface area contributed by atoms with Gasteiger partial charge in [0.15, 0.2) is 5.78 Å². The average molecular weight is 338 g/mol. The molecule has 2 aliphatic rings. The van der Waals surface area contributed by atoms with Gasteiger partial charge in [-0.2, -0.15) is 10.1 Å². The largest absolute Gasteiger partial charge is 0.494 e. The number of benzene rings is 1. The molecular formula is C19H22N4O2. The normalized spacial score (nSPS) is 22.3. The molecule has 1 aromatic carbocycles. The van der Waals surface area contributed by atoms with E-state index in [9.17, 15) is 4.79 Å². The molecule has 130 valence electrons. The molecule has 1 aliphatic heterocycles. The van der Waals surface area contributed by atoms with Gasteiger partial charge in [-0.3, -0.25) is 4.79 Å². The maximum Gasteiger partial charge on any atom is 0.226 e. The van der Waals surface area contributed by atoms with Gasteiger partial charge in [-0.15, -0.1) is 0 Å². The summed E-state index contributed by atoms with van der Waals surface area (Å²) in [4.78, 5) is 17.4. The van der Waals surface area contributed by atoms with Crippen molar-refractivity contribution in [1.29, 1.82) is 0 Å². The molecule has 0 unspecified atom stereocenters. The summed E-state index contributed by atoms with van der Waals surface area (Å²) >= 11 is 0. The average Bonchev–Trinajstić information content (AvgIpc) is 2.93. The van der Waals surface area contributed by atoms with Crippen molar-refractivity contribution in [2.75, 3.05) is 11.9 Å². The highest BCUT2D eigenvalue weighted by Gasteiger charge is 2.38. The molecule has 0 radical (unpaired) electrons. The standard InChI is InChI=1S/C19H22N4O2/c1-4-25-14-7-5-6-13(10-14)18-17-15(8-11(2)9-16(17)24)21-19-20-12(3)22-23(18)19/h5-7,10-11,18H,4,8-9H2,1-3H3,(H,20,21,22)/t11-,18+/m1/s1. The van der Waals surface area contributed by atoms with Gasteiger partial charge in [0.1, 0.15) is 17.6 Å². The molecule has 2 heterocycles. The second-order valence-corrected chi connectivity index (χ2v) is 6.79. The third kappa shape index (κ3) is 2.71. The predicted octanol–water partition coefficient (Wildman–Crippen LogP) is 3.25. The van der Waals surface area contributed by atoms with Gasteiger partial charge < -0.3 is 10.1 Å². The Morgan fingerprint density at radius 2 is 2.20 bits per heavy atom. The van der Waals surface area contributed by atoms with Gasteiger partial charge in [-0.25, -0.2) is 4.68 Å². The Labute approximate surface area is 146 Å². The molecule has 2 aromatic rings. The van der Waals surface area contributed by atoms with Crippen LogP contribution in [0.4, 0.5) is 5.95 Å². The smallest absolute Gasteiger partial charge is 0.226 e. The lowest BCUT2D eigenvalue weighted by molar-refractivity contribution is -0.117. The highest BCUT2D eigenvalue weighted by molar-refractivity contribution is 5.99. The van der Waals surface area contributed by atoms with Crippen molar-refractivity contribution in [1.82, 2.24) is 14.8 Å². The number of nitrogens with one attached hydrogen (secondary N) is 1. The number of ether oxygens (including phenoxy) is 1. The molecule has 0 saturated heterocycles. The minimum absolute atomic E-state index is 0.187. The van der Waals surface area contributed by atoms with E-state index >= 15 is 0 Å². The Hall–Kier alpha value is -2.63. The molecule has 1 aliphatic carbocycles. The number of hydrogen-bond acceptors (Lipinski definition) is 5. The molecule has 6 nitrogen and oxygen atoms in total. The molecule has 2 atom stereocenters. The van der Waals surface area contributed by atoms with Crippen molar-refractivity contribution in [2.45, 2.75) is 39.7 Å². The summed E-state index contributed by atoms with van der Waals surface area (Å²) in [5.41, 5.74) is 2.79. The van der Waals surface area contributed by atoms with Crippen molar-refractivity contribution < 1.29 is 9.53 Å². The number of Topliss-reactive ketones (excluding diaryl/α,β-unsaturated/α-hetero) is 1. The van der Waals surface area contributed by atoms with E-state index < -0.39 is 0 Å². The second-order valence-electron chi connectivity index (χ2n) is 6.79. The van der Waals surface area contributed by atoms with Gasteiger partial charge in [-0.1, -0.05) is 19.1 Å². The first-order chi connectivity index (χ1) is 12.1. The number of aryl methyl sites for hydroxylation is 1. The van der Waals surface area contributed by atoms with E-state index in [0.29, 0.717) is 30.7 Å². The van der Waals surface area contributed by atoms with Gasteiger partial charge in [-0.05, 0) is 43.9 Å². The summed E-state index contributed by atoms with van der Waals surface area (Å²) in [7, 11) is 0. The van der Waals surface area contributed by atoms with Crippen molar-refractivity contribution in [3.63, 3.8) is 0 Å². The molecule has 1 aromatic heterocycles. The summed E-state index contributed by atoms with van der Waals surface area (Å²) in [5.74, 6) is 2.71. The van der Waals surface area contributed by atoms with Crippen LogP contribution in [-0.2, 0) is 4.79 Å². The number of hydrogen-bond donors (Lipinski definition) is 1. The van der Waals surface area contributed by atoms with Crippen LogP contribution in [0, 0.1) is 12.8 Å². The van der Waals surface area contributed by atoms with Crippen LogP contribution in [0.5, 0.6) is 5.75 Å². The quantitative estimate of drug-likeness (QED) is 0.930. The number of anilines is 1. The Morgan fingerprint density at radius 3 is 3.00 bits per heavy atom. The third-order valence-electron chi connectivity index (χ3n) is 4.71. The number of nitrogens with zero attached hydrogens (tertiary/aromatic N) is 3. The number of fused-ring (bicyclic) bond motifs is 1. The molecule has 1 N–H and O–H groups in total. The maximum atomic E-state index is 12.9. The van der Waals surface area contributed by atoms with Crippen LogP contribution >= 0.6 is 0 Å². The SMILES string of the molecule is CCOc1cccc([C@H]2C3=C(C[C@@H](C)CC3=O)Nc3nc(C)nn32)c1. The zero-order valence-corrected chi connectivity index (χ0v) is 14.7. The van der Waals surface area contributed by atoms with Crippen LogP contribution < -0.4 is 10.1 Å². The first-order valence-corrected chi connectivity index (χ1v) is 8.76. The first-order valence-electron chi connectivity index (χ1n) is 8.76. The van der Waals surface area contributed by atoms with Crippen LogP contribution in [-0.4, -0.2) is 27.2 Å². The predicted molar refractivity (Wildman–Crippen MR) is 94.6 cm³/mol. The fourth-order valence-corrected chi connectivity index (χ4v) is 3.76. The molecule has 0 bridgehead atoms. The highest BCUT2D eigenvalue weighted by Crippen LogP contribution is 2.41. The van der Waals surface area contributed by atoms with Crippen molar-refractivity contribution in [2.24, 2.45) is 5.92 Å². The van der Waals surface area contributed by atoms with Gasteiger partial charge in [0.2, 0.25) is 5.95 Å². The zero-order valence-electron chi connectivity index (χ0n) is 14.7. The fourth-order valence-electron chi connectivity index (χ4n) is 3.76. The third-order valence-corrected chi connectivity index (χ3v) is 4.71. The number of allylic oxidation sites excluding steroid dienone is 2. The Kier molecular flexibility index (Phi) is 3.82. The minimum Gasteiger partial charge on any atom is -0.494 e. The molecule has 0 saturated carbocycles. The first kappa shape index (κ1) is 15.9. The molecule has 0 spiro atoms. The van der Waals surface area contributed by atoms with Crippen LogP contribution in [0.3, 0.4) is 0 Å². The van der Waals surface area contributed by atoms with Crippen molar-refractivity contribution >= 4 is 11.7 Å². The lowest BCUT2D eigenvalue weighted by Gasteiger charge is -2.34. The van der Waals surface area contributed by atoms with E-state index in [0.717, 1.165) is 29.0 Å². The van der Waals surface area contributed by atoms with E-state index in [2.05, 4.69) is 22.3 Å². The van der Waals surface area contributed by atoms with Crippen LogP contribution in [0.25, 0.3) is 0 Å². The van der Waals surface area contributed by atoms with Gasteiger partial charge in [0.05, 0.1) is 6.61 Å². The topological polar surface area (TPSA) is 69.0 Å². The Morgan fingerprint density at radius 1 is 1.36 bits per heavy atom. The summed E-state index contributed by atoms with van der Waals surface area (Å²) in [6, 6.07) is 7.66. The molecule has 0 fully saturated rings. The summed E-state index contributed by atoms with van der Waals surface area (Å²) < 4.78 is 7.48. The number of carbonyl (C=O) groups is 1. The zero-order chi connectivity index (χ0) is 17.6. The van der Waals surface area contributed by atoms with E-state index in [1.807, 2.05) is 42.8 Å². The molecule has 4 rings (SSSR count). The van der Waals surface area contributed by atoms with Crippen molar-refractivity contribution in [3.8, 4) is 5.75 Å². The number of carbonyl (C=O) groups excluding carboxylic acids is 1. The molecule has 0 amide bonds. The highest BCUT2D eigenvalue weighted by atomic mass is 16.5. The van der Waals surface area contributed by atoms with Gasteiger partial charge in [0, 0.05) is 17.7 Å². The monoisotopic (exact) mass is 338 g/mol. The lowest BCUT2D eigenvalue weighted by Crippen LogP contribution is -2.33. The number of ketones is 1. The van der Waals surface area contributed by atoms with Crippen LogP contribution in [0.15, 0.2) is 35.5 Å². The van der Waals surface area contributed by atoms with Gasteiger partial charge >= 0.3 is 0 Å². The van der Waals surface area contributed by atoms with Crippen LogP contribution in [0.2, 0.25) is 0 Å². The summed E-state index contributed by atoms with van der Waals surface area (Å²) in [6.07, 6.45) is 1.43. The van der Waals surface area contributed by atoms with E-state index in [4.69, 9.17) is 4.74 Å². The van der Waals surface area contributed by atoms with Crippen LogP contribution in [0.1, 0.15) is 44.1 Å². The van der Waals surface area contributed by atoms with Gasteiger partial charge in [0.25, 0.3) is 0 Å². The fraction of sp³-hybridized carbons (Fsp3) is 0.421.